The van der Waals surface area contributed by atoms with Crippen LogP contribution in [-0.2, 0) is 18.4 Å². The lowest BCUT2D eigenvalue weighted by Crippen LogP contribution is -2.31. The molecule has 102 valence electrons. The number of aryl methyl sites for hydroxylation is 1. The van der Waals surface area contributed by atoms with E-state index in [0.29, 0.717) is 6.42 Å². The van der Waals surface area contributed by atoms with E-state index in [0.717, 1.165) is 31.9 Å². The van der Waals surface area contributed by atoms with E-state index in [1.807, 2.05) is 24.0 Å². The van der Waals surface area contributed by atoms with Gasteiger partial charge in [-0.2, -0.15) is 0 Å². The first kappa shape index (κ1) is 14.7. The summed E-state index contributed by atoms with van der Waals surface area (Å²) in [5, 5.41) is 0. The van der Waals surface area contributed by atoms with Crippen LogP contribution in [0.5, 0.6) is 0 Å². The van der Waals surface area contributed by atoms with Gasteiger partial charge in [0.1, 0.15) is 5.82 Å². The summed E-state index contributed by atoms with van der Waals surface area (Å²) in [6, 6.07) is 0. The lowest BCUT2D eigenvalue weighted by molar-refractivity contribution is -0.129. The number of nitrogens with zero attached hydrogens (tertiary/aromatic N) is 4. The van der Waals surface area contributed by atoms with E-state index in [-0.39, 0.29) is 5.91 Å². The van der Waals surface area contributed by atoms with Gasteiger partial charge in [0.25, 0.3) is 0 Å². The second-order valence-corrected chi connectivity index (χ2v) is 4.77. The average Bonchev–Trinajstić information content (AvgIpc) is 2.71. The summed E-state index contributed by atoms with van der Waals surface area (Å²) in [4.78, 5) is 19.9. The first-order valence-electron chi connectivity index (χ1n) is 6.43. The molecule has 5 nitrogen and oxygen atoms in total. The lowest BCUT2D eigenvalue weighted by Gasteiger charge is -2.22. The van der Waals surface area contributed by atoms with Crippen LogP contribution in [0.1, 0.15) is 25.6 Å². The second kappa shape index (κ2) is 7.16. The number of rotatable bonds is 7. The van der Waals surface area contributed by atoms with Crippen molar-refractivity contribution in [1.82, 2.24) is 19.4 Å². The molecular weight excluding hydrogens is 228 g/mol. The average molecular weight is 252 g/mol. The smallest absolute Gasteiger partial charge is 0.223 e. The van der Waals surface area contributed by atoms with Crippen molar-refractivity contribution < 1.29 is 4.79 Å². The molecule has 0 fully saturated rings. The van der Waals surface area contributed by atoms with Crippen molar-refractivity contribution in [1.29, 1.82) is 0 Å². The Kier molecular flexibility index (Phi) is 5.85. The van der Waals surface area contributed by atoms with Crippen LogP contribution in [0, 0.1) is 0 Å². The maximum atomic E-state index is 11.6. The quantitative estimate of drug-likeness (QED) is 0.730. The van der Waals surface area contributed by atoms with Crippen LogP contribution in [0.3, 0.4) is 0 Å². The number of amides is 1. The topological polar surface area (TPSA) is 41.4 Å². The van der Waals surface area contributed by atoms with E-state index in [1.165, 1.54) is 0 Å². The van der Waals surface area contributed by atoms with Crippen LogP contribution >= 0.6 is 0 Å². The normalized spacial score (nSPS) is 10.9. The molecule has 0 aliphatic carbocycles. The predicted octanol–water partition coefficient (Wildman–Crippen LogP) is 1.11. The van der Waals surface area contributed by atoms with E-state index < -0.39 is 0 Å². The minimum Gasteiger partial charge on any atom is -0.349 e. The van der Waals surface area contributed by atoms with Gasteiger partial charge in [0.05, 0.1) is 6.54 Å². The molecule has 1 aromatic rings. The fraction of sp³-hybridized carbons (Fsp3) is 0.692. The number of imidazole rings is 1. The largest absolute Gasteiger partial charge is 0.349 e. The summed E-state index contributed by atoms with van der Waals surface area (Å²) >= 11 is 0. The second-order valence-electron chi connectivity index (χ2n) is 4.77. The highest BCUT2D eigenvalue weighted by Crippen LogP contribution is 2.04. The third-order valence-electron chi connectivity index (χ3n) is 2.97. The predicted molar refractivity (Wildman–Crippen MR) is 72.1 cm³/mol. The van der Waals surface area contributed by atoms with Crippen molar-refractivity contribution in [2.24, 2.45) is 7.05 Å². The van der Waals surface area contributed by atoms with Crippen molar-refractivity contribution in [2.45, 2.75) is 26.3 Å². The Morgan fingerprint density at radius 2 is 2.11 bits per heavy atom. The van der Waals surface area contributed by atoms with Gasteiger partial charge >= 0.3 is 0 Å². The molecule has 0 N–H and O–H groups in total. The van der Waals surface area contributed by atoms with Gasteiger partial charge in [0.2, 0.25) is 5.91 Å². The van der Waals surface area contributed by atoms with Gasteiger partial charge in [0.15, 0.2) is 0 Å². The molecule has 1 heterocycles. The van der Waals surface area contributed by atoms with Crippen LogP contribution in [0.25, 0.3) is 0 Å². The van der Waals surface area contributed by atoms with E-state index in [4.69, 9.17) is 0 Å². The molecule has 1 rings (SSSR count). The Morgan fingerprint density at radius 1 is 1.39 bits per heavy atom. The number of hydrogen-bond donors (Lipinski definition) is 0. The standard InChI is InChI=1S/C13H24N4O/c1-5-8-17(9-6-13(18)15(2)3)11-12-14-7-10-16(12)4/h7,10H,5-6,8-9,11H2,1-4H3. The van der Waals surface area contributed by atoms with Gasteiger partial charge < -0.3 is 9.47 Å². The molecule has 0 saturated carbocycles. The Labute approximate surface area is 109 Å². The van der Waals surface area contributed by atoms with E-state index in [1.54, 1.807) is 19.0 Å². The number of aromatic nitrogens is 2. The van der Waals surface area contributed by atoms with Gasteiger partial charge in [0, 0.05) is 46.5 Å². The Balaban J connectivity index is 2.50. The SMILES string of the molecule is CCCN(CCC(=O)N(C)C)Cc1nccn1C. The first-order chi connectivity index (χ1) is 8.54. The minimum absolute atomic E-state index is 0.177. The third kappa shape index (κ3) is 4.49. The van der Waals surface area contributed by atoms with Crippen molar-refractivity contribution in [3.05, 3.63) is 18.2 Å². The van der Waals surface area contributed by atoms with Crippen molar-refractivity contribution >= 4 is 5.91 Å². The van der Waals surface area contributed by atoms with Gasteiger partial charge in [-0.25, -0.2) is 4.98 Å². The molecule has 0 aliphatic heterocycles. The number of carbonyl (C=O) groups is 1. The summed E-state index contributed by atoms with van der Waals surface area (Å²) in [6.07, 6.45) is 5.41. The molecule has 0 spiro atoms. The monoisotopic (exact) mass is 252 g/mol. The summed E-state index contributed by atoms with van der Waals surface area (Å²) in [5.74, 6) is 1.22. The summed E-state index contributed by atoms with van der Waals surface area (Å²) in [7, 11) is 5.59. The maximum absolute atomic E-state index is 11.6. The van der Waals surface area contributed by atoms with Crippen LogP contribution < -0.4 is 0 Å². The third-order valence-corrected chi connectivity index (χ3v) is 2.97. The number of hydrogen-bond acceptors (Lipinski definition) is 3. The molecule has 0 bridgehead atoms. The van der Waals surface area contributed by atoms with Crippen LogP contribution in [0.4, 0.5) is 0 Å². The Hall–Kier alpha value is -1.36. The molecule has 0 aliphatic rings. The van der Waals surface area contributed by atoms with Gasteiger partial charge in [-0.15, -0.1) is 0 Å². The zero-order chi connectivity index (χ0) is 13.5. The minimum atomic E-state index is 0.177. The number of carbonyl (C=O) groups excluding carboxylic acids is 1. The molecule has 5 heteroatoms. The van der Waals surface area contributed by atoms with Crippen molar-refractivity contribution in [3.63, 3.8) is 0 Å². The Morgan fingerprint density at radius 3 is 2.61 bits per heavy atom. The van der Waals surface area contributed by atoms with Crippen LogP contribution in [0.15, 0.2) is 12.4 Å². The van der Waals surface area contributed by atoms with E-state index >= 15 is 0 Å². The summed E-state index contributed by atoms with van der Waals surface area (Å²) in [6.45, 7) is 4.74. The first-order valence-corrected chi connectivity index (χ1v) is 6.43. The molecule has 0 unspecified atom stereocenters. The molecular formula is C13H24N4O. The van der Waals surface area contributed by atoms with E-state index in [2.05, 4.69) is 16.8 Å². The summed E-state index contributed by atoms with van der Waals surface area (Å²) in [5.41, 5.74) is 0. The fourth-order valence-corrected chi connectivity index (χ4v) is 1.81. The molecule has 0 saturated heterocycles. The molecule has 1 aromatic heterocycles. The van der Waals surface area contributed by atoms with Gasteiger partial charge in [-0.3, -0.25) is 9.69 Å². The maximum Gasteiger partial charge on any atom is 0.223 e. The molecule has 0 aromatic carbocycles. The summed E-state index contributed by atoms with van der Waals surface area (Å²) < 4.78 is 2.02. The fourth-order valence-electron chi connectivity index (χ4n) is 1.81. The van der Waals surface area contributed by atoms with Crippen LogP contribution in [-0.4, -0.2) is 52.4 Å². The molecule has 18 heavy (non-hydrogen) atoms. The lowest BCUT2D eigenvalue weighted by atomic mass is 10.3. The van der Waals surface area contributed by atoms with Gasteiger partial charge in [-0.05, 0) is 13.0 Å². The van der Waals surface area contributed by atoms with Gasteiger partial charge in [-0.1, -0.05) is 6.92 Å². The molecule has 0 radical (unpaired) electrons. The highest BCUT2D eigenvalue weighted by Gasteiger charge is 2.11. The highest BCUT2D eigenvalue weighted by molar-refractivity contribution is 5.75. The molecule has 1 amide bonds. The Bertz CT molecular complexity index is 373. The zero-order valence-corrected chi connectivity index (χ0v) is 11.9. The van der Waals surface area contributed by atoms with Crippen molar-refractivity contribution in [3.8, 4) is 0 Å². The van der Waals surface area contributed by atoms with E-state index in [9.17, 15) is 4.79 Å². The van der Waals surface area contributed by atoms with Crippen molar-refractivity contribution in [2.75, 3.05) is 27.2 Å². The molecule has 0 atom stereocenters. The highest BCUT2D eigenvalue weighted by atomic mass is 16.2. The van der Waals surface area contributed by atoms with Crippen LogP contribution in [0.2, 0.25) is 0 Å². The zero-order valence-electron chi connectivity index (χ0n) is 11.9.